The molecule has 0 bridgehead atoms. The lowest BCUT2D eigenvalue weighted by molar-refractivity contribution is 0.0915. The molecule has 27 heavy (non-hydrogen) atoms. The number of likely N-dealkylation sites (tertiary alicyclic amines) is 1. The molecule has 4 rings (SSSR count). The van der Waals surface area contributed by atoms with E-state index in [1.807, 2.05) is 43.3 Å². The highest BCUT2D eigenvalue weighted by Crippen LogP contribution is 2.32. The molecule has 1 amide bonds. The third kappa shape index (κ3) is 3.81. The minimum Gasteiger partial charge on any atom is -0.445 e. The van der Waals surface area contributed by atoms with Crippen LogP contribution in [-0.4, -0.2) is 37.5 Å². The van der Waals surface area contributed by atoms with Crippen molar-refractivity contribution < 1.29 is 9.53 Å². The number of aromatic nitrogens is 4. The Hall–Kier alpha value is -3.22. The van der Waals surface area contributed by atoms with E-state index < -0.39 is 0 Å². The number of aryl methyl sites for hydroxylation is 1. The first kappa shape index (κ1) is 17.2. The van der Waals surface area contributed by atoms with Gasteiger partial charge < -0.3 is 9.72 Å². The molecule has 1 atom stereocenters. The van der Waals surface area contributed by atoms with E-state index in [1.54, 1.807) is 17.3 Å². The maximum atomic E-state index is 12.6. The average molecular weight is 363 g/mol. The summed E-state index contributed by atoms with van der Waals surface area (Å²) >= 11 is 0. The summed E-state index contributed by atoms with van der Waals surface area (Å²) in [6.07, 6.45) is 4.88. The number of carbonyl (C=O) groups excluding carboxylic acids is 1. The Morgan fingerprint density at radius 2 is 2.15 bits per heavy atom. The lowest BCUT2D eigenvalue weighted by Gasteiger charge is -2.24. The van der Waals surface area contributed by atoms with Crippen molar-refractivity contribution in [3.63, 3.8) is 0 Å². The van der Waals surface area contributed by atoms with Gasteiger partial charge in [0.15, 0.2) is 11.6 Å². The van der Waals surface area contributed by atoms with Gasteiger partial charge in [-0.05, 0) is 31.4 Å². The smallest absolute Gasteiger partial charge is 0.410 e. The molecule has 1 saturated heterocycles. The third-order valence-corrected chi connectivity index (χ3v) is 4.62. The number of benzene rings is 1. The molecule has 1 aromatic carbocycles. The maximum absolute atomic E-state index is 12.6. The van der Waals surface area contributed by atoms with E-state index in [0.29, 0.717) is 18.2 Å². The minimum atomic E-state index is -0.308. The van der Waals surface area contributed by atoms with Crippen molar-refractivity contribution in [1.82, 2.24) is 24.8 Å². The summed E-state index contributed by atoms with van der Waals surface area (Å²) in [5.41, 5.74) is 2.64. The predicted octanol–water partition coefficient (Wildman–Crippen LogP) is 3.65. The number of hydrogen-bond donors (Lipinski definition) is 1. The van der Waals surface area contributed by atoms with Crippen molar-refractivity contribution in [2.45, 2.75) is 32.4 Å². The van der Waals surface area contributed by atoms with E-state index in [4.69, 9.17) is 4.74 Å². The number of imidazole rings is 1. The van der Waals surface area contributed by atoms with Gasteiger partial charge in [-0.25, -0.2) is 19.7 Å². The SMILES string of the molecule is Cc1cc(C2CCCN2C(=O)OCc2ccccc2)nc(-c2ncc[nH]2)n1. The average Bonchev–Trinajstić information content (AvgIpc) is 3.38. The summed E-state index contributed by atoms with van der Waals surface area (Å²) in [5, 5.41) is 0. The van der Waals surface area contributed by atoms with E-state index in [0.717, 1.165) is 29.8 Å². The summed E-state index contributed by atoms with van der Waals surface area (Å²) in [6, 6.07) is 11.5. The number of aromatic amines is 1. The molecule has 1 aliphatic rings. The lowest BCUT2D eigenvalue weighted by atomic mass is 10.1. The van der Waals surface area contributed by atoms with Gasteiger partial charge in [0.2, 0.25) is 0 Å². The van der Waals surface area contributed by atoms with Crippen molar-refractivity contribution in [3.8, 4) is 11.6 Å². The lowest BCUT2D eigenvalue weighted by Crippen LogP contribution is -2.31. The van der Waals surface area contributed by atoms with E-state index >= 15 is 0 Å². The Bertz CT molecular complexity index is 911. The number of hydrogen-bond acceptors (Lipinski definition) is 5. The zero-order chi connectivity index (χ0) is 18.6. The molecular formula is C20H21N5O2. The van der Waals surface area contributed by atoms with Crippen LogP contribution in [0.15, 0.2) is 48.8 Å². The number of rotatable bonds is 4. The van der Waals surface area contributed by atoms with Gasteiger partial charge in [-0.3, -0.25) is 4.90 Å². The molecule has 0 radical (unpaired) electrons. The Labute approximate surface area is 157 Å². The van der Waals surface area contributed by atoms with Gasteiger partial charge in [-0.2, -0.15) is 0 Å². The van der Waals surface area contributed by atoms with Crippen LogP contribution in [0.3, 0.4) is 0 Å². The summed E-state index contributed by atoms with van der Waals surface area (Å²) in [6.45, 7) is 2.85. The standard InChI is InChI=1S/C20H21N5O2/c1-14-12-16(24-19(23-14)18-21-9-10-22-18)17-8-5-11-25(17)20(26)27-13-15-6-3-2-4-7-15/h2-4,6-7,9-10,12,17H,5,8,11,13H2,1H3,(H,21,22). The van der Waals surface area contributed by atoms with Crippen molar-refractivity contribution >= 4 is 6.09 Å². The van der Waals surface area contributed by atoms with E-state index in [1.165, 1.54) is 0 Å². The zero-order valence-corrected chi connectivity index (χ0v) is 15.1. The Kier molecular flexibility index (Phi) is 4.82. The Morgan fingerprint density at radius 3 is 2.93 bits per heavy atom. The highest BCUT2D eigenvalue weighted by atomic mass is 16.6. The molecule has 138 valence electrons. The Morgan fingerprint density at radius 1 is 1.30 bits per heavy atom. The molecule has 0 aliphatic carbocycles. The molecule has 7 heteroatoms. The molecule has 3 aromatic rings. The van der Waals surface area contributed by atoms with Crippen LogP contribution in [0.5, 0.6) is 0 Å². The van der Waals surface area contributed by atoms with Crippen LogP contribution < -0.4 is 0 Å². The van der Waals surface area contributed by atoms with Gasteiger partial charge in [-0.15, -0.1) is 0 Å². The van der Waals surface area contributed by atoms with Gasteiger partial charge in [0.1, 0.15) is 6.61 Å². The van der Waals surface area contributed by atoms with E-state index in [-0.39, 0.29) is 18.7 Å². The summed E-state index contributed by atoms with van der Waals surface area (Å²) in [7, 11) is 0. The normalized spacial score (nSPS) is 16.5. The first-order valence-corrected chi connectivity index (χ1v) is 9.03. The fourth-order valence-corrected chi connectivity index (χ4v) is 3.35. The van der Waals surface area contributed by atoms with Gasteiger partial charge in [0.25, 0.3) is 0 Å². The summed E-state index contributed by atoms with van der Waals surface area (Å²) < 4.78 is 5.52. The molecule has 1 aliphatic heterocycles. The fourth-order valence-electron chi connectivity index (χ4n) is 3.35. The van der Waals surface area contributed by atoms with Crippen LogP contribution in [0.1, 0.15) is 35.8 Å². The number of nitrogens with zero attached hydrogens (tertiary/aromatic N) is 4. The van der Waals surface area contributed by atoms with Crippen LogP contribution in [-0.2, 0) is 11.3 Å². The van der Waals surface area contributed by atoms with Crippen molar-refractivity contribution in [2.75, 3.05) is 6.54 Å². The molecular weight excluding hydrogens is 342 g/mol. The topological polar surface area (TPSA) is 84.0 Å². The van der Waals surface area contributed by atoms with Gasteiger partial charge >= 0.3 is 6.09 Å². The highest BCUT2D eigenvalue weighted by Gasteiger charge is 2.32. The molecule has 0 saturated carbocycles. The van der Waals surface area contributed by atoms with Crippen molar-refractivity contribution in [1.29, 1.82) is 0 Å². The van der Waals surface area contributed by atoms with Crippen LogP contribution in [0.4, 0.5) is 4.79 Å². The van der Waals surface area contributed by atoms with Crippen LogP contribution >= 0.6 is 0 Å². The number of ether oxygens (including phenoxy) is 1. The first-order valence-electron chi connectivity index (χ1n) is 9.03. The Balaban J connectivity index is 1.52. The third-order valence-electron chi connectivity index (χ3n) is 4.62. The largest absolute Gasteiger partial charge is 0.445 e. The predicted molar refractivity (Wildman–Crippen MR) is 99.7 cm³/mol. The van der Waals surface area contributed by atoms with Crippen LogP contribution in [0.2, 0.25) is 0 Å². The molecule has 1 fully saturated rings. The molecule has 3 heterocycles. The summed E-state index contributed by atoms with van der Waals surface area (Å²) in [5.74, 6) is 1.16. The second kappa shape index (κ2) is 7.57. The van der Waals surface area contributed by atoms with Crippen LogP contribution in [0, 0.1) is 6.92 Å². The number of carbonyl (C=O) groups is 1. The van der Waals surface area contributed by atoms with Crippen LogP contribution in [0.25, 0.3) is 11.6 Å². The van der Waals surface area contributed by atoms with Gasteiger partial charge in [-0.1, -0.05) is 30.3 Å². The summed E-state index contributed by atoms with van der Waals surface area (Å²) in [4.78, 5) is 30.8. The monoisotopic (exact) mass is 363 g/mol. The second-order valence-corrected chi connectivity index (χ2v) is 6.59. The molecule has 0 spiro atoms. The molecule has 1 N–H and O–H groups in total. The number of nitrogens with one attached hydrogen (secondary N) is 1. The van der Waals surface area contributed by atoms with E-state index in [2.05, 4.69) is 19.9 Å². The second-order valence-electron chi connectivity index (χ2n) is 6.59. The molecule has 1 unspecified atom stereocenters. The highest BCUT2D eigenvalue weighted by molar-refractivity contribution is 5.68. The minimum absolute atomic E-state index is 0.108. The molecule has 2 aromatic heterocycles. The first-order chi connectivity index (χ1) is 13.2. The van der Waals surface area contributed by atoms with E-state index in [9.17, 15) is 4.79 Å². The zero-order valence-electron chi connectivity index (χ0n) is 15.1. The van der Waals surface area contributed by atoms with Crippen molar-refractivity contribution in [3.05, 3.63) is 65.7 Å². The quantitative estimate of drug-likeness (QED) is 0.765. The van der Waals surface area contributed by atoms with Gasteiger partial charge in [0.05, 0.1) is 11.7 Å². The number of H-pyrrole nitrogens is 1. The number of amides is 1. The van der Waals surface area contributed by atoms with Crippen molar-refractivity contribution in [2.24, 2.45) is 0 Å². The molecule has 7 nitrogen and oxygen atoms in total. The maximum Gasteiger partial charge on any atom is 0.410 e. The van der Waals surface area contributed by atoms with Gasteiger partial charge in [0, 0.05) is 24.6 Å². The fraction of sp³-hybridized carbons (Fsp3) is 0.300.